The fourth-order valence-electron chi connectivity index (χ4n) is 2.23. The SMILES string of the molecule is CC(C)(COc1ccc2c(c1)[C@H](N)CCC2)C(=O)O. The van der Waals surface area contributed by atoms with Crippen LogP contribution in [0.1, 0.15) is 43.9 Å². The molecule has 4 heteroatoms. The molecule has 104 valence electrons. The maximum Gasteiger partial charge on any atom is 0.312 e. The summed E-state index contributed by atoms with van der Waals surface area (Å²) < 4.78 is 5.61. The van der Waals surface area contributed by atoms with Crippen molar-refractivity contribution in [3.63, 3.8) is 0 Å². The fourth-order valence-corrected chi connectivity index (χ4v) is 2.23. The third-order valence-electron chi connectivity index (χ3n) is 3.66. The van der Waals surface area contributed by atoms with Crippen molar-refractivity contribution in [2.24, 2.45) is 11.1 Å². The number of hydrogen-bond acceptors (Lipinski definition) is 3. The van der Waals surface area contributed by atoms with Crippen molar-refractivity contribution >= 4 is 5.97 Å². The van der Waals surface area contributed by atoms with Gasteiger partial charge in [0.15, 0.2) is 0 Å². The van der Waals surface area contributed by atoms with E-state index in [1.807, 2.05) is 18.2 Å². The highest BCUT2D eigenvalue weighted by Crippen LogP contribution is 2.31. The number of hydrogen-bond donors (Lipinski definition) is 2. The molecule has 0 saturated heterocycles. The van der Waals surface area contributed by atoms with Crippen molar-refractivity contribution < 1.29 is 14.6 Å². The summed E-state index contributed by atoms with van der Waals surface area (Å²) in [6, 6.07) is 5.96. The highest BCUT2D eigenvalue weighted by molar-refractivity contribution is 5.73. The maximum absolute atomic E-state index is 11.0. The first-order chi connectivity index (χ1) is 8.90. The van der Waals surface area contributed by atoms with Crippen LogP contribution in [0.15, 0.2) is 18.2 Å². The van der Waals surface area contributed by atoms with E-state index in [1.54, 1.807) is 13.8 Å². The van der Waals surface area contributed by atoms with Crippen LogP contribution < -0.4 is 10.5 Å². The van der Waals surface area contributed by atoms with Crippen molar-refractivity contribution in [1.82, 2.24) is 0 Å². The van der Waals surface area contributed by atoms with Gasteiger partial charge in [0.05, 0.1) is 5.41 Å². The standard InChI is InChI=1S/C15H21NO3/c1-15(2,14(17)18)9-19-11-7-6-10-4-3-5-13(16)12(10)8-11/h6-8,13H,3-5,9,16H2,1-2H3,(H,17,18)/t13-/m1/s1. The molecule has 1 atom stereocenters. The molecule has 0 saturated carbocycles. The molecule has 0 bridgehead atoms. The summed E-state index contributed by atoms with van der Waals surface area (Å²) in [5.74, 6) is -0.160. The minimum atomic E-state index is -0.891. The monoisotopic (exact) mass is 263 g/mol. The van der Waals surface area contributed by atoms with Gasteiger partial charge in [0.1, 0.15) is 12.4 Å². The predicted octanol–water partition coefficient (Wildman–Crippen LogP) is 2.51. The molecule has 1 aromatic carbocycles. The number of carboxylic acid groups (broad SMARTS) is 1. The highest BCUT2D eigenvalue weighted by atomic mass is 16.5. The van der Waals surface area contributed by atoms with E-state index in [2.05, 4.69) is 0 Å². The van der Waals surface area contributed by atoms with E-state index in [0.717, 1.165) is 24.8 Å². The Kier molecular flexibility index (Phi) is 3.80. The second kappa shape index (κ2) is 5.21. The molecule has 0 fully saturated rings. The number of fused-ring (bicyclic) bond motifs is 1. The Hall–Kier alpha value is -1.55. The van der Waals surface area contributed by atoms with Crippen LogP contribution in [-0.2, 0) is 11.2 Å². The first-order valence-electron chi connectivity index (χ1n) is 6.65. The average Bonchev–Trinajstić information content (AvgIpc) is 2.37. The Morgan fingerprint density at radius 2 is 2.26 bits per heavy atom. The predicted molar refractivity (Wildman–Crippen MR) is 73.2 cm³/mol. The summed E-state index contributed by atoms with van der Waals surface area (Å²) in [5, 5.41) is 9.05. The van der Waals surface area contributed by atoms with Crippen LogP contribution in [0.25, 0.3) is 0 Å². The molecule has 1 aliphatic carbocycles. The number of rotatable bonds is 4. The lowest BCUT2D eigenvalue weighted by Crippen LogP contribution is -2.30. The minimum Gasteiger partial charge on any atom is -0.492 e. The van der Waals surface area contributed by atoms with Gasteiger partial charge >= 0.3 is 5.97 Å². The molecule has 0 aromatic heterocycles. The highest BCUT2D eigenvalue weighted by Gasteiger charge is 2.28. The smallest absolute Gasteiger partial charge is 0.312 e. The Labute approximate surface area is 113 Å². The number of aryl methyl sites for hydroxylation is 1. The van der Waals surface area contributed by atoms with E-state index in [9.17, 15) is 4.79 Å². The number of ether oxygens (including phenoxy) is 1. The second-order valence-corrected chi connectivity index (χ2v) is 5.84. The molecule has 1 aromatic rings. The zero-order chi connectivity index (χ0) is 14.0. The van der Waals surface area contributed by atoms with Crippen LogP contribution in [0.5, 0.6) is 5.75 Å². The Balaban J connectivity index is 2.10. The van der Waals surface area contributed by atoms with Crippen molar-refractivity contribution in [1.29, 1.82) is 0 Å². The number of nitrogens with two attached hydrogens (primary N) is 1. The molecular weight excluding hydrogens is 242 g/mol. The molecule has 3 N–H and O–H groups in total. The molecule has 2 rings (SSSR count). The Bertz CT molecular complexity index is 482. The van der Waals surface area contributed by atoms with Crippen LogP contribution in [0.3, 0.4) is 0 Å². The lowest BCUT2D eigenvalue weighted by atomic mass is 9.88. The average molecular weight is 263 g/mol. The molecular formula is C15H21NO3. The van der Waals surface area contributed by atoms with E-state index in [4.69, 9.17) is 15.6 Å². The van der Waals surface area contributed by atoms with Gasteiger partial charge in [0.2, 0.25) is 0 Å². The van der Waals surface area contributed by atoms with Gasteiger partial charge < -0.3 is 15.6 Å². The van der Waals surface area contributed by atoms with Crippen molar-refractivity contribution in [3.8, 4) is 5.75 Å². The quantitative estimate of drug-likeness (QED) is 0.875. The van der Waals surface area contributed by atoms with Gasteiger partial charge in [0, 0.05) is 6.04 Å². The van der Waals surface area contributed by atoms with E-state index in [1.165, 1.54) is 5.56 Å². The number of aliphatic carboxylic acids is 1. The number of benzene rings is 1. The van der Waals surface area contributed by atoms with Gasteiger partial charge in [-0.2, -0.15) is 0 Å². The van der Waals surface area contributed by atoms with Crippen molar-refractivity contribution in [3.05, 3.63) is 29.3 Å². The molecule has 0 unspecified atom stereocenters. The van der Waals surface area contributed by atoms with Crippen LogP contribution >= 0.6 is 0 Å². The van der Waals surface area contributed by atoms with Gasteiger partial charge in [0.25, 0.3) is 0 Å². The van der Waals surface area contributed by atoms with Crippen LogP contribution in [0, 0.1) is 5.41 Å². The van der Waals surface area contributed by atoms with Crippen molar-refractivity contribution in [2.45, 2.75) is 39.2 Å². The molecule has 0 amide bonds. The summed E-state index contributed by atoms with van der Waals surface area (Å²) in [4.78, 5) is 11.0. The van der Waals surface area contributed by atoms with Gasteiger partial charge in [-0.15, -0.1) is 0 Å². The summed E-state index contributed by atoms with van der Waals surface area (Å²) in [6.45, 7) is 3.45. The Morgan fingerprint density at radius 1 is 1.53 bits per heavy atom. The fraction of sp³-hybridized carbons (Fsp3) is 0.533. The van der Waals surface area contributed by atoms with Gasteiger partial charge in [-0.3, -0.25) is 4.79 Å². The summed E-state index contributed by atoms with van der Waals surface area (Å²) in [7, 11) is 0. The second-order valence-electron chi connectivity index (χ2n) is 5.84. The maximum atomic E-state index is 11.0. The summed E-state index contributed by atoms with van der Waals surface area (Å²) in [6.07, 6.45) is 3.18. The normalized spacial score (nSPS) is 18.8. The lowest BCUT2D eigenvalue weighted by molar-refractivity contribution is -0.148. The molecule has 0 aliphatic heterocycles. The van der Waals surface area contributed by atoms with E-state index in [0.29, 0.717) is 5.75 Å². The molecule has 0 radical (unpaired) electrons. The largest absolute Gasteiger partial charge is 0.492 e. The zero-order valence-corrected chi connectivity index (χ0v) is 11.5. The minimum absolute atomic E-state index is 0.0692. The van der Waals surface area contributed by atoms with E-state index >= 15 is 0 Å². The zero-order valence-electron chi connectivity index (χ0n) is 11.5. The van der Waals surface area contributed by atoms with Gasteiger partial charge in [-0.1, -0.05) is 6.07 Å². The van der Waals surface area contributed by atoms with Gasteiger partial charge in [-0.25, -0.2) is 0 Å². The summed E-state index contributed by atoms with van der Waals surface area (Å²) >= 11 is 0. The van der Waals surface area contributed by atoms with Crippen LogP contribution in [0.2, 0.25) is 0 Å². The molecule has 0 spiro atoms. The number of carbonyl (C=O) groups is 1. The van der Waals surface area contributed by atoms with E-state index < -0.39 is 11.4 Å². The third kappa shape index (κ3) is 3.07. The van der Waals surface area contributed by atoms with E-state index in [-0.39, 0.29) is 12.6 Å². The van der Waals surface area contributed by atoms with Crippen LogP contribution in [0.4, 0.5) is 0 Å². The molecule has 1 aliphatic rings. The molecule has 0 heterocycles. The number of carboxylic acids is 1. The molecule has 19 heavy (non-hydrogen) atoms. The van der Waals surface area contributed by atoms with Crippen LogP contribution in [-0.4, -0.2) is 17.7 Å². The van der Waals surface area contributed by atoms with Gasteiger partial charge in [-0.05, 0) is 56.4 Å². The topological polar surface area (TPSA) is 72.5 Å². The third-order valence-corrected chi connectivity index (χ3v) is 3.66. The first-order valence-corrected chi connectivity index (χ1v) is 6.65. The Morgan fingerprint density at radius 3 is 2.95 bits per heavy atom. The molecule has 4 nitrogen and oxygen atoms in total. The summed E-state index contributed by atoms with van der Waals surface area (Å²) in [5.41, 5.74) is 7.62. The lowest BCUT2D eigenvalue weighted by Gasteiger charge is -2.24. The first kappa shape index (κ1) is 13.9. The van der Waals surface area contributed by atoms with Crippen molar-refractivity contribution in [2.75, 3.05) is 6.61 Å².